The molecule has 0 saturated carbocycles. The molecule has 2 aromatic rings. The van der Waals surface area contributed by atoms with E-state index in [9.17, 15) is 13.6 Å². The van der Waals surface area contributed by atoms with Gasteiger partial charge in [-0.25, -0.2) is 0 Å². The summed E-state index contributed by atoms with van der Waals surface area (Å²) in [5.74, 6) is -0.192. The fourth-order valence-corrected chi connectivity index (χ4v) is 2.19. The summed E-state index contributed by atoms with van der Waals surface area (Å²) in [6.45, 7) is -0.928. The third-order valence-corrected chi connectivity index (χ3v) is 3.43. The second-order valence-corrected chi connectivity index (χ2v) is 5.30. The maximum atomic E-state index is 12.1. The van der Waals surface area contributed by atoms with E-state index in [0.717, 1.165) is 12.8 Å². The number of amides is 1. The minimum atomic E-state index is -2.87. The second-order valence-electron chi connectivity index (χ2n) is 5.30. The van der Waals surface area contributed by atoms with Gasteiger partial charge in [0.05, 0.1) is 0 Å². The standard InChI is InChI=1S/C18H19F2NO2/c1-13(7-8-14-5-3-2-4-6-14)21-17(22)15-9-11-16(12-10-15)23-18(19)20/h2-6,9-13,18H,7-8H2,1H3,(H,21,22). The minimum absolute atomic E-state index is 0.0136. The van der Waals surface area contributed by atoms with Crippen LogP contribution in [0.15, 0.2) is 54.6 Å². The van der Waals surface area contributed by atoms with Crippen molar-refractivity contribution in [2.75, 3.05) is 0 Å². The summed E-state index contributed by atoms with van der Waals surface area (Å²) >= 11 is 0. The number of benzene rings is 2. The van der Waals surface area contributed by atoms with E-state index < -0.39 is 6.61 Å². The molecule has 1 amide bonds. The molecule has 2 rings (SSSR count). The second kappa shape index (κ2) is 8.27. The molecule has 0 aliphatic carbocycles. The molecule has 0 aliphatic heterocycles. The Hall–Kier alpha value is -2.43. The number of nitrogens with one attached hydrogen (secondary N) is 1. The number of alkyl halides is 2. The maximum absolute atomic E-state index is 12.1. The summed E-state index contributed by atoms with van der Waals surface area (Å²) in [5.41, 5.74) is 1.64. The molecular formula is C18H19F2NO2. The molecule has 1 atom stereocenters. The first-order chi connectivity index (χ1) is 11.0. The Balaban J connectivity index is 1.83. The van der Waals surface area contributed by atoms with Crippen LogP contribution in [0.1, 0.15) is 29.3 Å². The Kier molecular flexibility index (Phi) is 6.09. The Labute approximate surface area is 134 Å². The number of ether oxygens (including phenoxy) is 1. The predicted molar refractivity (Wildman–Crippen MR) is 84.8 cm³/mol. The summed E-state index contributed by atoms with van der Waals surface area (Å²) < 4.78 is 28.4. The van der Waals surface area contributed by atoms with Crippen LogP contribution in [0.3, 0.4) is 0 Å². The van der Waals surface area contributed by atoms with E-state index in [1.807, 2.05) is 25.1 Å². The van der Waals surface area contributed by atoms with Gasteiger partial charge < -0.3 is 10.1 Å². The SMILES string of the molecule is CC(CCc1ccccc1)NC(=O)c1ccc(OC(F)F)cc1. The number of carbonyl (C=O) groups excluding carboxylic acids is 1. The molecule has 0 saturated heterocycles. The lowest BCUT2D eigenvalue weighted by atomic mass is 10.1. The van der Waals surface area contributed by atoms with Crippen molar-refractivity contribution in [3.8, 4) is 5.75 Å². The van der Waals surface area contributed by atoms with Gasteiger partial charge in [0, 0.05) is 11.6 Å². The number of halogens is 2. The van der Waals surface area contributed by atoms with E-state index in [2.05, 4.69) is 22.2 Å². The third-order valence-electron chi connectivity index (χ3n) is 3.43. The monoisotopic (exact) mass is 319 g/mol. The van der Waals surface area contributed by atoms with E-state index in [1.54, 1.807) is 0 Å². The van der Waals surface area contributed by atoms with Gasteiger partial charge in [-0.1, -0.05) is 30.3 Å². The summed E-state index contributed by atoms with van der Waals surface area (Å²) in [6.07, 6.45) is 1.70. The predicted octanol–water partition coefficient (Wildman–Crippen LogP) is 4.04. The molecule has 0 aromatic heterocycles. The van der Waals surface area contributed by atoms with Gasteiger partial charge in [0.15, 0.2) is 0 Å². The molecule has 0 aliphatic rings. The molecule has 122 valence electrons. The van der Waals surface area contributed by atoms with Crippen LogP contribution in [0.4, 0.5) is 8.78 Å². The van der Waals surface area contributed by atoms with Crippen molar-refractivity contribution in [1.29, 1.82) is 0 Å². The Bertz CT molecular complexity index is 615. The first-order valence-corrected chi connectivity index (χ1v) is 7.44. The fraction of sp³-hybridized carbons (Fsp3) is 0.278. The zero-order valence-electron chi connectivity index (χ0n) is 12.8. The van der Waals surface area contributed by atoms with Gasteiger partial charge in [0.2, 0.25) is 0 Å². The van der Waals surface area contributed by atoms with E-state index in [1.165, 1.54) is 29.8 Å². The molecule has 3 nitrogen and oxygen atoms in total. The van der Waals surface area contributed by atoms with Gasteiger partial charge in [-0.3, -0.25) is 4.79 Å². The maximum Gasteiger partial charge on any atom is 0.387 e. The zero-order chi connectivity index (χ0) is 16.7. The molecule has 1 unspecified atom stereocenters. The van der Waals surface area contributed by atoms with Gasteiger partial charge in [0.25, 0.3) is 5.91 Å². The van der Waals surface area contributed by atoms with Crippen LogP contribution in [0, 0.1) is 0 Å². The highest BCUT2D eigenvalue weighted by Gasteiger charge is 2.11. The number of hydrogen-bond acceptors (Lipinski definition) is 2. The smallest absolute Gasteiger partial charge is 0.387 e. The molecule has 2 aromatic carbocycles. The van der Waals surface area contributed by atoms with Crippen LogP contribution >= 0.6 is 0 Å². The summed E-state index contributed by atoms with van der Waals surface area (Å²) in [7, 11) is 0. The first kappa shape index (κ1) is 16.9. The largest absolute Gasteiger partial charge is 0.435 e. The molecule has 0 radical (unpaired) electrons. The van der Waals surface area contributed by atoms with E-state index in [4.69, 9.17) is 0 Å². The average Bonchev–Trinajstić information content (AvgIpc) is 2.54. The fourth-order valence-electron chi connectivity index (χ4n) is 2.19. The van der Waals surface area contributed by atoms with Gasteiger partial charge >= 0.3 is 6.61 Å². The Morgan fingerprint density at radius 3 is 2.35 bits per heavy atom. The van der Waals surface area contributed by atoms with Crippen LogP contribution in [-0.4, -0.2) is 18.6 Å². The van der Waals surface area contributed by atoms with Crippen molar-refractivity contribution < 1.29 is 18.3 Å². The number of rotatable bonds is 7. The number of hydrogen-bond donors (Lipinski definition) is 1. The molecule has 0 bridgehead atoms. The van der Waals surface area contributed by atoms with E-state index >= 15 is 0 Å². The Morgan fingerprint density at radius 1 is 1.09 bits per heavy atom. The summed E-state index contributed by atoms with van der Waals surface area (Å²) in [4.78, 5) is 12.1. The van der Waals surface area contributed by atoms with E-state index in [0.29, 0.717) is 5.56 Å². The van der Waals surface area contributed by atoms with Crippen molar-refractivity contribution in [2.45, 2.75) is 32.4 Å². The van der Waals surface area contributed by atoms with Crippen LogP contribution in [0.5, 0.6) is 5.75 Å². The quantitative estimate of drug-likeness (QED) is 0.836. The zero-order valence-corrected chi connectivity index (χ0v) is 12.8. The molecule has 23 heavy (non-hydrogen) atoms. The molecule has 0 heterocycles. The Morgan fingerprint density at radius 2 is 1.74 bits per heavy atom. The third kappa shape index (κ3) is 5.70. The van der Waals surface area contributed by atoms with Crippen LogP contribution in [0.2, 0.25) is 0 Å². The lowest BCUT2D eigenvalue weighted by Gasteiger charge is -2.14. The molecule has 1 N–H and O–H groups in total. The van der Waals surface area contributed by atoms with Crippen LogP contribution in [-0.2, 0) is 6.42 Å². The summed E-state index contributed by atoms with van der Waals surface area (Å²) in [5, 5.41) is 2.90. The first-order valence-electron chi connectivity index (χ1n) is 7.44. The molecule has 5 heteroatoms. The van der Waals surface area contributed by atoms with Gasteiger partial charge in [-0.2, -0.15) is 8.78 Å². The summed E-state index contributed by atoms with van der Waals surface area (Å²) in [6, 6.07) is 15.7. The number of aryl methyl sites for hydroxylation is 1. The van der Waals surface area contributed by atoms with Crippen molar-refractivity contribution in [3.63, 3.8) is 0 Å². The van der Waals surface area contributed by atoms with Gasteiger partial charge in [-0.05, 0) is 49.6 Å². The van der Waals surface area contributed by atoms with Crippen LogP contribution < -0.4 is 10.1 Å². The molecule has 0 fully saturated rings. The van der Waals surface area contributed by atoms with Crippen molar-refractivity contribution in [1.82, 2.24) is 5.32 Å². The average molecular weight is 319 g/mol. The molecular weight excluding hydrogens is 300 g/mol. The molecule has 0 spiro atoms. The lowest BCUT2D eigenvalue weighted by molar-refractivity contribution is -0.0498. The highest BCUT2D eigenvalue weighted by Crippen LogP contribution is 2.15. The normalized spacial score (nSPS) is 12.0. The lowest BCUT2D eigenvalue weighted by Crippen LogP contribution is -2.32. The number of carbonyl (C=O) groups is 1. The van der Waals surface area contributed by atoms with E-state index in [-0.39, 0.29) is 17.7 Å². The minimum Gasteiger partial charge on any atom is -0.435 e. The van der Waals surface area contributed by atoms with Crippen molar-refractivity contribution in [2.24, 2.45) is 0 Å². The van der Waals surface area contributed by atoms with Gasteiger partial charge in [-0.15, -0.1) is 0 Å². The highest BCUT2D eigenvalue weighted by molar-refractivity contribution is 5.94. The van der Waals surface area contributed by atoms with Gasteiger partial charge in [0.1, 0.15) is 5.75 Å². The highest BCUT2D eigenvalue weighted by atomic mass is 19.3. The van der Waals surface area contributed by atoms with Crippen molar-refractivity contribution >= 4 is 5.91 Å². The topological polar surface area (TPSA) is 38.3 Å². The van der Waals surface area contributed by atoms with Crippen LogP contribution in [0.25, 0.3) is 0 Å². The van der Waals surface area contributed by atoms with Crippen molar-refractivity contribution in [3.05, 3.63) is 65.7 Å².